The Hall–Kier alpha value is -4.26. The van der Waals surface area contributed by atoms with Crippen LogP contribution < -0.4 is 10.2 Å². The molecule has 1 saturated carbocycles. The first-order valence-corrected chi connectivity index (χ1v) is 12.0. The molecule has 2 aliphatic carbocycles. The van der Waals surface area contributed by atoms with E-state index in [9.17, 15) is 19.2 Å². The van der Waals surface area contributed by atoms with E-state index in [-0.39, 0.29) is 41.0 Å². The number of nitrogens with one attached hydrogen (secondary N) is 1. The average Bonchev–Trinajstić information content (AvgIpc) is 3.52. The number of hydrogen-bond donors (Lipinski definition) is 1. The Kier molecular flexibility index (Phi) is 5.21. The third kappa shape index (κ3) is 3.50. The minimum atomic E-state index is -0.707. The van der Waals surface area contributed by atoms with Gasteiger partial charge >= 0.3 is 5.97 Å². The van der Waals surface area contributed by atoms with Gasteiger partial charge in [0.2, 0.25) is 11.8 Å². The Balaban J connectivity index is 1.13. The Morgan fingerprint density at radius 2 is 1.72 bits per heavy atom. The van der Waals surface area contributed by atoms with Gasteiger partial charge in [0.25, 0.3) is 5.91 Å². The van der Waals surface area contributed by atoms with Gasteiger partial charge < -0.3 is 10.1 Å². The lowest BCUT2D eigenvalue weighted by Crippen LogP contribution is -2.33. The molecule has 0 radical (unpaired) electrons. The number of amides is 3. The number of allylic oxidation sites excluding steroid dienone is 2. The third-order valence-electron chi connectivity index (χ3n) is 7.62. The predicted octanol–water partition coefficient (Wildman–Crippen LogP) is 4.34. The van der Waals surface area contributed by atoms with Crippen LogP contribution in [0.15, 0.2) is 78.4 Å². The highest BCUT2D eigenvalue weighted by Crippen LogP contribution is 2.55. The smallest absolute Gasteiger partial charge is 0.338 e. The first-order chi connectivity index (χ1) is 17.4. The average molecular weight is 481 g/mol. The Bertz CT molecular complexity index is 1470. The molecular weight excluding hydrogens is 456 g/mol. The van der Waals surface area contributed by atoms with Gasteiger partial charge in [0.15, 0.2) is 6.61 Å². The summed E-state index contributed by atoms with van der Waals surface area (Å²) in [6, 6.07) is 19.5. The number of fused-ring (bicyclic) bond motifs is 6. The van der Waals surface area contributed by atoms with Crippen LogP contribution in [0, 0.1) is 23.7 Å². The molecule has 36 heavy (non-hydrogen) atoms. The monoisotopic (exact) mass is 480 g/mol. The molecule has 2 fully saturated rings. The molecule has 7 heteroatoms. The van der Waals surface area contributed by atoms with Crippen LogP contribution in [0.3, 0.4) is 0 Å². The molecule has 1 heterocycles. The highest BCUT2D eigenvalue weighted by atomic mass is 16.5. The van der Waals surface area contributed by atoms with E-state index in [1.807, 2.05) is 43.3 Å². The van der Waals surface area contributed by atoms with Crippen molar-refractivity contribution in [3.8, 4) is 0 Å². The number of ether oxygens (including phenoxy) is 1. The maximum absolute atomic E-state index is 13.2. The highest BCUT2D eigenvalue weighted by Gasteiger charge is 2.60. The van der Waals surface area contributed by atoms with E-state index in [1.165, 1.54) is 22.6 Å². The van der Waals surface area contributed by atoms with Crippen molar-refractivity contribution in [1.29, 1.82) is 0 Å². The van der Waals surface area contributed by atoms with Gasteiger partial charge in [0.05, 0.1) is 23.1 Å². The van der Waals surface area contributed by atoms with E-state index >= 15 is 0 Å². The van der Waals surface area contributed by atoms with Crippen molar-refractivity contribution in [2.75, 3.05) is 16.8 Å². The molecule has 3 amide bonds. The van der Waals surface area contributed by atoms with Crippen molar-refractivity contribution in [2.45, 2.75) is 13.3 Å². The maximum Gasteiger partial charge on any atom is 0.338 e. The number of rotatable bonds is 5. The third-order valence-corrected chi connectivity index (χ3v) is 7.62. The standard InChI is InChI=1S/C29H24N2O5/c1-16-12-19-14-22(16)26-25(19)27(33)31(28(26)34)20-9-4-8-18(13-20)29(35)36-15-24(32)30-23-11-5-7-17-6-2-3-10-21(17)23/h2-13,19,22,25-26H,14-15H2,1H3,(H,30,32)/t19-,22+,25-,26+/m0/s1. The Morgan fingerprint density at radius 1 is 0.972 bits per heavy atom. The fourth-order valence-corrected chi connectivity index (χ4v) is 6.04. The molecule has 1 N–H and O–H groups in total. The van der Waals surface area contributed by atoms with Gasteiger partial charge in [-0.2, -0.15) is 0 Å². The number of anilines is 2. The van der Waals surface area contributed by atoms with Crippen LogP contribution in [0.5, 0.6) is 0 Å². The maximum atomic E-state index is 13.2. The summed E-state index contributed by atoms with van der Waals surface area (Å²) in [5.41, 5.74) is 2.33. The largest absolute Gasteiger partial charge is 0.452 e. The van der Waals surface area contributed by atoms with E-state index in [0.717, 1.165) is 17.2 Å². The van der Waals surface area contributed by atoms with Crippen molar-refractivity contribution in [3.05, 3.63) is 83.9 Å². The fraction of sp³-hybridized carbons (Fsp3) is 0.241. The second-order valence-corrected chi connectivity index (χ2v) is 9.68. The zero-order valence-corrected chi connectivity index (χ0v) is 19.6. The molecule has 3 aliphatic rings. The summed E-state index contributed by atoms with van der Waals surface area (Å²) in [6.45, 7) is 1.56. The lowest BCUT2D eigenvalue weighted by atomic mass is 9.82. The van der Waals surface area contributed by atoms with Crippen molar-refractivity contribution in [1.82, 2.24) is 0 Å². The van der Waals surface area contributed by atoms with E-state index in [4.69, 9.17) is 4.74 Å². The summed E-state index contributed by atoms with van der Waals surface area (Å²) in [7, 11) is 0. The summed E-state index contributed by atoms with van der Waals surface area (Å²) in [6.07, 6.45) is 2.98. The van der Waals surface area contributed by atoms with Crippen molar-refractivity contribution in [2.24, 2.45) is 23.7 Å². The topological polar surface area (TPSA) is 92.8 Å². The minimum Gasteiger partial charge on any atom is -0.452 e. The number of hydrogen-bond acceptors (Lipinski definition) is 5. The normalized spacial score (nSPS) is 24.1. The van der Waals surface area contributed by atoms with E-state index in [2.05, 4.69) is 11.4 Å². The fourth-order valence-electron chi connectivity index (χ4n) is 6.04. The van der Waals surface area contributed by atoms with Crippen LogP contribution in [0.4, 0.5) is 11.4 Å². The molecule has 3 aromatic carbocycles. The second kappa shape index (κ2) is 8.45. The molecule has 6 rings (SSSR count). The summed E-state index contributed by atoms with van der Waals surface area (Å²) in [4.78, 5) is 52.7. The number of carbonyl (C=O) groups is 4. The molecule has 3 aromatic rings. The van der Waals surface area contributed by atoms with Crippen LogP contribution in [-0.4, -0.2) is 30.3 Å². The number of benzene rings is 3. The van der Waals surface area contributed by atoms with Gasteiger partial charge in [0, 0.05) is 11.1 Å². The molecule has 0 spiro atoms. The Labute approximate surface area is 207 Å². The van der Waals surface area contributed by atoms with Gasteiger partial charge in [-0.1, -0.05) is 54.1 Å². The lowest BCUT2D eigenvalue weighted by Gasteiger charge is -2.19. The molecule has 2 bridgehead atoms. The first kappa shape index (κ1) is 22.2. The molecule has 1 saturated heterocycles. The summed E-state index contributed by atoms with van der Waals surface area (Å²) in [5.74, 6) is -2.00. The highest BCUT2D eigenvalue weighted by molar-refractivity contribution is 6.23. The van der Waals surface area contributed by atoms with Gasteiger partial charge in [-0.15, -0.1) is 0 Å². The van der Waals surface area contributed by atoms with Crippen molar-refractivity contribution >= 4 is 45.8 Å². The molecular formula is C29H24N2O5. The number of carbonyl (C=O) groups excluding carboxylic acids is 4. The molecule has 7 nitrogen and oxygen atoms in total. The summed E-state index contributed by atoms with van der Waals surface area (Å²) in [5, 5.41) is 4.65. The van der Waals surface area contributed by atoms with E-state index in [0.29, 0.717) is 11.4 Å². The summed E-state index contributed by atoms with van der Waals surface area (Å²) >= 11 is 0. The molecule has 0 aromatic heterocycles. The van der Waals surface area contributed by atoms with Crippen molar-refractivity contribution in [3.63, 3.8) is 0 Å². The Morgan fingerprint density at radius 3 is 2.58 bits per heavy atom. The zero-order chi connectivity index (χ0) is 25.0. The SMILES string of the molecule is CC1=C[C@H]2C[C@H]1[C@H]1C(=O)N(c3cccc(C(=O)OCC(=O)Nc4cccc5ccccc45)c3)C(=O)[C@H]12. The zero-order valence-electron chi connectivity index (χ0n) is 19.6. The van der Waals surface area contributed by atoms with Gasteiger partial charge in [0.1, 0.15) is 0 Å². The van der Waals surface area contributed by atoms with Crippen LogP contribution in [0.1, 0.15) is 23.7 Å². The second-order valence-electron chi connectivity index (χ2n) is 9.68. The van der Waals surface area contributed by atoms with Crippen LogP contribution in [0.2, 0.25) is 0 Å². The number of nitrogens with zero attached hydrogens (tertiary/aromatic N) is 1. The lowest BCUT2D eigenvalue weighted by molar-refractivity contribution is -0.123. The van der Waals surface area contributed by atoms with Crippen LogP contribution in [-0.2, 0) is 19.1 Å². The quantitative estimate of drug-likeness (QED) is 0.333. The first-order valence-electron chi connectivity index (χ1n) is 12.0. The van der Waals surface area contributed by atoms with Gasteiger partial charge in [-0.25, -0.2) is 9.69 Å². The molecule has 0 unspecified atom stereocenters. The van der Waals surface area contributed by atoms with Crippen molar-refractivity contribution < 1.29 is 23.9 Å². The van der Waals surface area contributed by atoms with E-state index < -0.39 is 18.5 Å². The van der Waals surface area contributed by atoms with Crippen LogP contribution in [0.25, 0.3) is 10.8 Å². The van der Waals surface area contributed by atoms with E-state index in [1.54, 1.807) is 18.2 Å². The van der Waals surface area contributed by atoms with Gasteiger partial charge in [-0.3, -0.25) is 14.4 Å². The van der Waals surface area contributed by atoms with Gasteiger partial charge in [-0.05, 0) is 54.8 Å². The molecule has 1 aliphatic heterocycles. The minimum absolute atomic E-state index is 0.106. The number of esters is 1. The molecule has 180 valence electrons. The van der Waals surface area contributed by atoms with Crippen LogP contribution >= 0.6 is 0 Å². The summed E-state index contributed by atoms with van der Waals surface area (Å²) < 4.78 is 5.23. The molecule has 4 atom stereocenters. The predicted molar refractivity (Wildman–Crippen MR) is 134 cm³/mol. The number of imide groups is 1.